The van der Waals surface area contributed by atoms with Gasteiger partial charge in [0, 0.05) is 6.20 Å². The van der Waals surface area contributed by atoms with Gasteiger partial charge in [-0.25, -0.2) is 9.37 Å². The van der Waals surface area contributed by atoms with Crippen LogP contribution in [0.25, 0.3) is 5.65 Å². The minimum absolute atomic E-state index is 0.203. The quantitative estimate of drug-likeness (QED) is 0.603. The molecule has 0 saturated heterocycles. The van der Waals surface area contributed by atoms with Gasteiger partial charge >= 0.3 is 0 Å². The van der Waals surface area contributed by atoms with Gasteiger partial charge < -0.3 is 0 Å². The Morgan fingerprint density at radius 1 is 1.09 bits per heavy atom. The highest BCUT2D eigenvalue weighted by molar-refractivity contribution is 5.54. The van der Waals surface area contributed by atoms with Crippen molar-refractivity contribution in [2.24, 2.45) is 10.2 Å². The van der Waals surface area contributed by atoms with E-state index in [1.54, 1.807) is 18.2 Å². The third-order valence-corrected chi connectivity index (χ3v) is 3.42. The van der Waals surface area contributed by atoms with Gasteiger partial charge in [0.2, 0.25) is 0 Å². The van der Waals surface area contributed by atoms with Crippen molar-refractivity contribution in [3.63, 3.8) is 0 Å². The fraction of sp³-hybridized carbons (Fsp3) is 0.235. The van der Waals surface area contributed by atoms with E-state index in [0.717, 1.165) is 16.9 Å². The molecule has 0 spiro atoms. The van der Waals surface area contributed by atoms with Crippen LogP contribution in [0, 0.1) is 12.7 Å². The maximum Gasteiger partial charge on any atom is 0.183 e. The van der Waals surface area contributed by atoms with Gasteiger partial charge in [0.25, 0.3) is 0 Å². The van der Waals surface area contributed by atoms with E-state index in [4.69, 9.17) is 0 Å². The van der Waals surface area contributed by atoms with Crippen molar-refractivity contribution >= 4 is 17.2 Å². The highest BCUT2D eigenvalue weighted by Gasteiger charge is 2.15. The third kappa shape index (κ3) is 2.62. The van der Waals surface area contributed by atoms with E-state index in [1.807, 2.05) is 29.7 Å². The zero-order valence-electron chi connectivity index (χ0n) is 12.8. The summed E-state index contributed by atoms with van der Waals surface area (Å²) in [5.74, 6) is 0.467. The topological polar surface area (TPSA) is 42.0 Å². The van der Waals surface area contributed by atoms with Crippen LogP contribution in [-0.4, -0.2) is 9.38 Å². The van der Waals surface area contributed by atoms with Crippen LogP contribution >= 0.6 is 0 Å². The smallest absolute Gasteiger partial charge is 0.183 e. The molecular weight excluding hydrogens is 279 g/mol. The van der Waals surface area contributed by atoms with Crippen molar-refractivity contribution in [3.8, 4) is 0 Å². The molecule has 0 saturated carbocycles. The largest absolute Gasteiger partial charge is 0.283 e. The lowest BCUT2D eigenvalue weighted by Gasteiger charge is -2.02. The number of benzene rings is 1. The van der Waals surface area contributed by atoms with Gasteiger partial charge in [-0.05, 0) is 36.6 Å². The predicted octanol–water partition coefficient (Wildman–Crippen LogP) is 5.32. The summed E-state index contributed by atoms with van der Waals surface area (Å²) in [4.78, 5) is 4.60. The second-order valence-electron chi connectivity index (χ2n) is 5.56. The van der Waals surface area contributed by atoms with Gasteiger partial charge in [0.05, 0.1) is 5.69 Å². The first-order chi connectivity index (χ1) is 10.6. The van der Waals surface area contributed by atoms with Crippen molar-refractivity contribution < 1.29 is 4.39 Å². The molecule has 5 heteroatoms. The van der Waals surface area contributed by atoms with Crippen LogP contribution in [0.3, 0.4) is 0 Å². The maximum absolute atomic E-state index is 13.7. The maximum atomic E-state index is 13.7. The Labute approximate surface area is 128 Å². The standard InChI is InChI=1S/C17H17FN4/c1-11(2)16-17(21-20-14-7-5-4-6-13(14)18)22-10-12(3)8-9-15(22)19-16/h4-11H,1-3H3. The van der Waals surface area contributed by atoms with E-state index >= 15 is 0 Å². The number of imidazole rings is 1. The van der Waals surface area contributed by atoms with Crippen LogP contribution in [0.1, 0.15) is 31.0 Å². The highest BCUT2D eigenvalue weighted by atomic mass is 19.1. The summed E-state index contributed by atoms with van der Waals surface area (Å²) in [5, 5.41) is 8.33. The van der Waals surface area contributed by atoms with Gasteiger partial charge in [-0.2, -0.15) is 0 Å². The Kier molecular flexibility index (Phi) is 3.71. The zero-order valence-corrected chi connectivity index (χ0v) is 12.8. The number of fused-ring (bicyclic) bond motifs is 1. The fourth-order valence-corrected chi connectivity index (χ4v) is 2.28. The number of nitrogens with zero attached hydrogens (tertiary/aromatic N) is 4. The van der Waals surface area contributed by atoms with Crippen molar-refractivity contribution in [3.05, 3.63) is 59.7 Å². The second-order valence-corrected chi connectivity index (χ2v) is 5.56. The van der Waals surface area contributed by atoms with E-state index in [9.17, 15) is 4.39 Å². The number of hydrogen-bond donors (Lipinski definition) is 0. The molecule has 0 aliphatic rings. The molecule has 0 N–H and O–H groups in total. The monoisotopic (exact) mass is 296 g/mol. The van der Waals surface area contributed by atoms with Gasteiger partial charge in [-0.1, -0.05) is 32.0 Å². The van der Waals surface area contributed by atoms with E-state index < -0.39 is 0 Å². The predicted molar refractivity (Wildman–Crippen MR) is 84.6 cm³/mol. The second kappa shape index (κ2) is 5.67. The van der Waals surface area contributed by atoms with Crippen LogP contribution in [0.4, 0.5) is 15.9 Å². The molecule has 3 aromatic rings. The molecule has 2 aromatic heterocycles. The van der Waals surface area contributed by atoms with Crippen LogP contribution < -0.4 is 0 Å². The molecule has 4 nitrogen and oxygen atoms in total. The Bertz CT molecular complexity index is 849. The lowest BCUT2D eigenvalue weighted by molar-refractivity contribution is 0.628. The summed E-state index contributed by atoms with van der Waals surface area (Å²) in [6, 6.07) is 10.3. The van der Waals surface area contributed by atoms with E-state index in [0.29, 0.717) is 5.82 Å². The molecule has 0 amide bonds. The third-order valence-electron chi connectivity index (χ3n) is 3.42. The molecular formula is C17H17FN4. The van der Waals surface area contributed by atoms with Crippen molar-refractivity contribution in [1.82, 2.24) is 9.38 Å². The van der Waals surface area contributed by atoms with E-state index in [2.05, 4.69) is 29.1 Å². The summed E-state index contributed by atoms with van der Waals surface area (Å²) in [5.41, 5.74) is 2.99. The number of hydrogen-bond acceptors (Lipinski definition) is 3. The summed E-state index contributed by atoms with van der Waals surface area (Å²) >= 11 is 0. The summed E-state index contributed by atoms with van der Waals surface area (Å²) in [6.07, 6.45) is 1.96. The molecule has 22 heavy (non-hydrogen) atoms. The Hall–Kier alpha value is -2.56. The zero-order chi connectivity index (χ0) is 15.7. The first-order valence-corrected chi connectivity index (χ1v) is 7.21. The number of rotatable bonds is 3. The Morgan fingerprint density at radius 2 is 1.86 bits per heavy atom. The number of aromatic nitrogens is 2. The molecule has 112 valence electrons. The van der Waals surface area contributed by atoms with Crippen LogP contribution in [0.15, 0.2) is 52.8 Å². The highest BCUT2D eigenvalue weighted by Crippen LogP contribution is 2.30. The number of aryl methyl sites for hydroxylation is 1. The minimum atomic E-state index is -0.387. The molecule has 2 heterocycles. The molecule has 0 radical (unpaired) electrons. The normalized spacial score (nSPS) is 11.9. The molecule has 0 unspecified atom stereocenters. The van der Waals surface area contributed by atoms with Gasteiger partial charge in [-0.3, -0.25) is 4.40 Å². The lowest BCUT2D eigenvalue weighted by Crippen LogP contribution is -1.88. The van der Waals surface area contributed by atoms with Crippen molar-refractivity contribution in [1.29, 1.82) is 0 Å². The Morgan fingerprint density at radius 3 is 2.59 bits per heavy atom. The molecule has 3 rings (SSSR count). The van der Waals surface area contributed by atoms with Crippen molar-refractivity contribution in [2.75, 3.05) is 0 Å². The van der Waals surface area contributed by atoms with Gasteiger partial charge in [-0.15, -0.1) is 10.2 Å². The average molecular weight is 296 g/mol. The number of halogens is 1. The lowest BCUT2D eigenvalue weighted by atomic mass is 10.1. The first-order valence-electron chi connectivity index (χ1n) is 7.21. The minimum Gasteiger partial charge on any atom is -0.283 e. The summed E-state index contributed by atoms with van der Waals surface area (Å²) in [6.45, 7) is 6.11. The van der Waals surface area contributed by atoms with Gasteiger partial charge in [0.1, 0.15) is 11.3 Å². The number of pyridine rings is 1. The Balaban J connectivity index is 2.14. The molecule has 0 fully saturated rings. The van der Waals surface area contributed by atoms with E-state index in [-0.39, 0.29) is 17.4 Å². The van der Waals surface area contributed by atoms with Crippen LogP contribution in [0.2, 0.25) is 0 Å². The van der Waals surface area contributed by atoms with E-state index in [1.165, 1.54) is 6.07 Å². The van der Waals surface area contributed by atoms with Gasteiger partial charge in [0.15, 0.2) is 11.6 Å². The molecule has 0 aliphatic heterocycles. The van der Waals surface area contributed by atoms with Crippen LogP contribution in [0.5, 0.6) is 0 Å². The number of azo groups is 1. The summed E-state index contributed by atoms with van der Waals surface area (Å²) in [7, 11) is 0. The molecule has 0 atom stereocenters. The van der Waals surface area contributed by atoms with Crippen LogP contribution in [-0.2, 0) is 0 Å². The summed E-state index contributed by atoms with van der Waals surface area (Å²) < 4.78 is 15.6. The SMILES string of the molecule is Cc1ccc2nc(C(C)C)c(N=Nc3ccccc3F)n2c1. The van der Waals surface area contributed by atoms with Crippen molar-refractivity contribution in [2.45, 2.75) is 26.7 Å². The average Bonchev–Trinajstić information content (AvgIpc) is 2.84. The molecule has 1 aromatic carbocycles. The first kappa shape index (κ1) is 14.4. The molecule has 0 aliphatic carbocycles. The molecule has 0 bridgehead atoms. The fourth-order valence-electron chi connectivity index (χ4n) is 2.28.